The van der Waals surface area contributed by atoms with E-state index in [1.807, 2.05) is 65.5 Å². The third-order valence-corrected chi connectivity index (χ3v) is 5.18. The standard InChI is InChI=1S/C25H22NO.BrH/c27-24(20-26-18-8-3-9-19-26)25(16-6-2-7-17-25)23-14-12-22(13-15-23)21-10-4-1-5-11-21;/h1-16,18-19H,17,20H2;1H/q+1;/p-1. The van der Waals surface area contributed by atoms with Gasteiger partial charge in [-0.05, 0) is 23.1 Å². The van der Waals surface area contributed by atoms with Crippen molar-refractivity contribution in [1.29, 1.82) is 0 Å². The number of hydrogen-bond acceptors (Lipinski definition) is 1. The van der Waals surface area contributed by atoms with E-state index < -0.39 is 5.41 Å². The van der Waals surface area contributed by atoms with Crippen LogP contribution < -0.4 is 21.5 Å². The monoisotopic (exact) mass is 431 g/mol. The maximum absolute atomic E-state index is 13.3. The van der Waals surface area contributed by atoms with Crippen LogP contribution in [0.4, 0.5) is 0 Å². The zero-order valence-corrected chi connectivity index (χ0v) is 17.1. The number of Topliss-reactive ketones (excluding diaryl/α,β-unsaturated/α-hetero) is 1. The minimum absolute atomic E-state index is 0. The molecular weight excluding hydrogens is 410 g/mol. The molecule has 0 spiro atoms. The lowest BCUT2D eigenvalue weighted by Gasteiger charge is -2.29. The Bertz CT molecular complexity index is 978. The zero-order valence-electron chi connectivity index (χ0n) is 15.5. The van der Waals surface area contributed by atoms with E-state index in [2.05, 4.69) is 48.6 Å². The average molecular weight is 432 g/mol. The first-order chi connectivity index (χ1) is 13.3. The Labute approximate surface area is 176 Å². The number of benzene rings is 2. The molecule has 2 aromatic carbocycles. The van der Waals surface area contributed by atoms with Crippen LogP contribution in [0.5, 0.6) is 0 Å². The minimum atomic E-state index is -0.604. The Morgan fingerprint density at radius 3 is 2.11 bits per heavy atom. The summed E-state index contributed by atoms with van der Waals surface area (Å²) in [5, 5.41) is 0. The van der Waals surface area contributed by atoms with Crippen molar-refractivity contribution in [3.05, 3.63) is 115 Å². The first-order valence-electron chi connectivity index (χ1n) is 9.26. The molecule has 0 saturated heterocycles. The number of carbonyl (C=O) groups is 1. The maximum Gasteiger partial charge on any atom is 0.211 e. The normalized spacial score (nSPS) is 17.7. The molecule has 3 heteroatoms. The quantitative estimate of drug-likeness (QED) is 0.562. The number of allylic oxidation sites excluding steroid dienone is 4. The molecule has 0 aliphatic heterocycles. The van der Waals surface area contributed by atoms with Crippen molar-refractivity contribution in [3.63, 3.8) is 0 Å². The lowest BCUT2D eigenvalue weighted by Crippen LogP contribution is -3.00. The van der Waals surface area contributed by atoms with Gasteiger partial charge in [0.15, 0.2) is 12.4 Å². The predicted molar refractivity (Wildman–Crippen MR) is 108 cm³/mol. The number of aromatic nitrogens is 1. The number of pyridine rings is 1. The summed E-state index contributed by atoms with van der Waals surface area (Å²) in [4.78, 5) is 13.3. The lowest BCUT2D eigenvalue weighted by atomic mass is 9.72. The fourth-order valence-electron chi connectivity index (χ4n) is 3.64. The summed E-state index contributed by atoms with van der Waals surface area (Å²) in [6, 6.07) is 24.6. The first-order valence-corrected chi connectivity index (χ1v) is 9.26. The van der Waals surface area contributed by atoms with Gasteiger partial charge in [0.05, 0.1) is 5.41 Å². The summed E-state index contributed by atoms with van der Waals surface area (Å²) in [7, 11) is 0. The maximum atomic E-state index is 13.3. The van der Waals surface area contributed by atoms with E-state index >= 15 is 0 Å². The number of hydrogen-bond donors (Lipinski definition) is 0. The van der Waals surface area contributed by atoms with Gasteiger partial charge >= 0.3 is 0 Å². The molecule has 140 valence electrons. The van der Waals surface area contributed by atoms with Gasteiger partial charge in [-0.1, -0.05) is 85.0 Å². The van der Waals surface area contributed by atoms with Gasteiger partial charge in [-0.3, -0.25) is 4.79 Å². The highest BCUT2D eigenvalue weighted by Gasteiger charge is 2.39. The molecule has 0 amide bonds. The number of halogens is 1. The van der Waals surface area contributed by atoms with Gasteiger partial charge in [0.25, 0.3) is 0 Å². The van der Waals surface area contributed by atoms with E-state index in [4.69, 9.17) is 0 Å². The first kappa shape index (κ1) is 20.0. The van der Waals surface area contributed by atoms with Gasteiger partial charge in [0.1, 0.15) is 0 Å². The summed E-state index contributed by atoms with van der Waals surface area (Å²) in [5.41, 5.74) is 2.79. The largest absolute Gasteiger partial charge is 1.00 e. The second-order valence-corrected chi connectivity index (χ2v) is 6.88. The molecule has 1 unspecified atom stereocenters. The van der Waals surface area contributed by atoms with Gasteiger partial charge in [-0.15, -0.1) is 0 Å². The Balaban J connectivity index is 0.00000225. The van der Waals surface area contributed by atoms with Gasteiger partial charge in [0, 0.05) is 12.1 Å². The van der Waals surface area contributed by atoms with Crippen molar-refractivity contribution >= 4 is 5.78 Å². The van der Waals surface area contributed by atoms with Crippen LogP contribution in [-0.4, -0.2) is 5.78 Å². The molecule has 2 nitrogen and oxygen atoms in total. The Morgan fingerprint density at radius 2 is 1.46 bits per heavy atom. The minimum Gasteiger partial charge on any atom is -1.00 e. The molecular formula is C25H22BrNO. The highest BCUT2D eigenvalue weighted by atomic mass is 79.9. The van der Waals surface area contributed by atoms with Crippen molar-refractivity contribution in [2.45, 2.75) is 18.4 Å². The number of ketones is 1. The molecule has 1 heterocycles. The van der Waals surface area contributed by atoms with E-state index in [0.717, 1.165) is 11.1 Å². The van der Waals surface area contributed by atoms with Crippen molar-refractivity contribution in [2.75, 3.05) is 0 Å². The van der Waals surface area contributed by atoms with Crippen LogP contribution in [0.1, 0.15) is 12.0 Å². The van der Waals surface area contributed by atoms with E-state index in [-0.39, 0.29) is 22.8 Å². The molecule has 1 aliphatic carbocycles. The number of carbonyl (C=O) groups excluding carboxylic acids is 1. The smallest absolute Gasteiger partial charge is 0.211 e. The van der Waals surface area contributed by atoms with Gasteiger partial charge < -0.3 is 17.0 Å². The molecule has 4 rings (SSSR count). The summed E-state index contributed by atoms with van der Waals surface area (Å²) >= 11 is 0. The third kappa shape index (κ3) is 4.05. The van der Waals surface area contributed by atoms with Gasteiger partial charge in [0.2, 0.25) is 12.3 Å². The molecule has 1 atom stereocenters. The van der Waals surface area contributed by atoms with Crippen LogP contribution in [0.25, 0.3) is 11.1 Å². The summed E-state index contributed by atoms with van der Waals surface area (Å²) < 4.78 is 1.94. The van der Waals surface area contributed by atoms with Crippen molar-refractivity contribution < 1.29 is 26.3 Å². The van der Waals surface area contributed by atoms with Crippen LogP contribution in [0.3, 0.4) is 0 Å². The molecule has 1 aliphatic rings. The highest BCUT2D eigenvalue weighted by Crippen LogP contribution is 2.35. The number of rotatable bonds is 5. The van der Waals surface area contributed by atoms with E-state index in [1.165, 1.54) is 5.56 Å². The average Bonchev–Trinajstić information content (AvgIpc) is 2.76. The van der Waals surface area contributed by atoms with Crippen LogP contribution >= 0.6 is 0 Å². The Hall–Kier alpha value is -2.78. The van der Waals surface area contributed by atoms with Crippen LogP contribution in [0.2, 0.25) is 0 Å². The molecule has 3 aromatic rings. The van der Waals surface area contributed by atoms with Gasteiger partial charge in [-0.25, -0.2) is 0 Å². The molecule has 0 fully saturated rings. The lowest BCUT2D eigenvalue weighted by molar-refractivity contribution is -0.684. The fourth-order valence-corrected chi connectivity index (χ4v) is 3.64. The predicted octanol–water partition coefficient (Wildman–Crippen LogP) is 1.67. The van der Waals surface area contributed by atoms with Crippen molar-refractivity contribution in [2.24, 2.45) is 0 Å². The summed E-state index contributed by atoms with van der Waals surface area (Å²) in [6.07, 6.45) is 12.7. The summed E-state index contributed by atoms with van der Waals surface area (Å²) in [6.45, 7) is 0.361. The zero-order chi connectivity index (χ0) is 18.5. The Morgan fingerprint density at radius 1 is 0.821 bits per heavy atom. The fraction of sp³-hybridized carbons (Fsp3) is 0.120. The molecule has 0 radical (unpaired) electrons. The SMILES string of the molecule is O=C(C[n+]1ccccc1)C1(c2ccc(-c3ccccc3)cc2)C=CC=CC1.[Br-]. The van der Waals surface area contributed by atoms with Gasteiger partial charge in [-0.2, -0.15) is 4.57 Å². The van der Waals surface area contributed by atoms with Crippen molar-refractivity contribution in [3.8, 4) is 11.1 Å². The highest BCUT2D eigenvalue weighted by molar-refractivity contribution is 5.92. The summed E-state index contributed by atoms with van der Waals surface area (Å²) in [5.74, 6) is 0.201. The van der Waals surface area contributed by atoms with E-state index in [9.17, 15) is 4.79 Å². The van der Waals surface area contributed by atoms with Crippen LogP contribution in [0, 0.1) is 0 Å². The molecule has 28 heavy (non-hydrogen) atoms. The van der Waals surface area contributed by atoms with E-state index in [0.29, 0.717) is 13.0 Å². The van der Waals surface area contributed by atoms with E-state index in [1.54, 1.807) is 0 Å². The number of nitrogens with zero attached hydrogens (tertiary/aromatic N) is 1. The van der Waals surface area contributed by atoms with Crippen LogP contribution in [-0.2, 0) is 16.8 Å². The Kier molecular flexibility index (Phi) is 6.37. The molecule has 0 bridgehead atoms. The molecule has 1 aromatic heterocycles. The topological polar surface area (TPSA) is 20.9 Å². The molecule has 0 N–H and O–H groups in total. The van der Waals surface area contributed by atoms with Crippen molar-refractivity contribution in [1.82, 2.24) is 0 Å². The van der Waals surface area contributed by atoms with Crippen LogP contribution in [0.15, 0.2) is 109 Å². The second kappa shape index (κ2) is 8.94. The third-order valence-electron chi connectivity index (χ3n) is 5.18. The molecule has 0 saturated carbocycles. The second-order valence-electron chi connectivity index (χ2n) is 6.88.